The first-order valence-electron chi connectivity index (χ1n) is 5.57. The highest BCUT2D eigenvalue weighted by molar-refractivity contribution is 5.19. The monoisotopic (exact) mass is 227 g/mol. The van der Waals surface area contributed by atoms with Crippen LogP contribution in [-0.2, 0) is 22.6 Å². The molecule has 0 aliphatic heterocycles. The van der Waals surface area contributed by atoms with E-state index in [0.717, 1.165) is 43.3 Å². The minimum Gasteiger partial charge on any atom is -0.465 e. The van der Waals surface area contributed by atoms with Crippen LogP contribution in [0.3, 0.4) is 0 Å². The van der Waals surface area contributed by atoms with Crippen LogP contribution in [0, 0.1) is 6.92 Å². The van der Waals surface area contributed by atoms with Crippen LogP contribution in [-0.4, -0.2) is 27.4 Å². The highest BCUT2D eigenvalue weighted by Crippen LogP contribution is 2.15. The Morgan fingerprint density at radius 1 is 1.38 bits per heavy atom. The molecule has 1 N–H and O–H groups in total. The maximum absolute atomic E-state index is 5.57. The van der Waals surface area contributed by atoms with Gasteiger partial charge in [0.05, 0.1) is 13.2 Å². The molecule has 0 bridgehead atoms. The number of hydrogen-bond donors (Lipinski definition) is 1. The van der Waals surface area contributed by atoms with Crippen molar-refractivity contribution >= 4 is 0 Å². The molecular weight excluding hydrogens is 206 g/mol. The van der Waals surface area contributed by atoms with Crippen molar-refractivity contribution in [3.8, 4) is 0 Å². The zero-order chi connectivity index (χ0) is 11.8. The van der Waals surface area contributed by atoms with Crippen LogP contribution in [0.4, 0.5) is 0 Å². The molecule has 1 aromatic rings. The number of nitrogens with one attached hydrogen (secondary N) is 1. The van der Waals surface area contributed by atoms with Gasteiger partial charge in [0.25, 0.3) is 0 Å². The van der Waals surface area contributed by atoms with Crippen LogP contribution in [0.5, 0.6) is 0 Å². The first-order valence-corrected chi connectivity index (χ1v) is 5.57. The molecule has 1 heterocycles. The topological polar surface area (TPSA) is 43.6 Å². The Bertz CT molecular complexity index is 296. The zero-order valence-electron chi connectivity index (χ0n) is 10.3. The first-order chi connectivity index (χ1) is 7.77. The van der Waals surface area contributed by atoms with Gasteiger partial charge in [-0.15, -0.1) is 0 Å². The minimum atomic E-state index is 0.614. The van der Waals surface area contributed by atoms with Crippen LogP contribution >= 0.6 is 0 Å². The van der Waals surface area contributed by atoms with Crippen molar-refractivity contribution in [2.45, 2.75) is 26.5 Å². The molecule has 0 unspecified atom stereocenters. The van der Waals surface area contributed by atoms with Crippen molar-refractivity contribution in [2.24, 2.45) is 0 Å². The summed E-state index contributed by atoms with van der Waals surface area (Å²) in [5.41, 5.74) is 1.13. The number of aryl methyl sites for hydroxylation is 1. The second-order valence-corrected chi connectivity index (χ2v) is 3.72. The van der Waals surface area contributed by atoms with E-state index in [-0.39, 0.29) is 0 Å². The maximum Gasteiger partial charge on any atom is 0.118 e. The number of methoxy groups -OCH3 is 1. The smallest absolute Gasteiger partial charge is 0.118 e. The average molecular weight is 227 g/mol. The van der Waals surface area contributed by atoms with E-state index < -0.39 is 0 Å². The molecule has 0 aliphatic carbocycles. The summed E-state index contributed by atoms with van der Waals surface area (Å²) in [6.45, 7) is 4.80. The lowest BCUT2D eigenvalue weighted by Crippen LogP contribution is -2.03. The molecule has 1 rings (SSSR count). The molecule has 0 aromatic carbocycles. The van der Waals surface area contributed by atoms with Crippen molar-refractivity contribution in [3.05, 3.63) is 23.2 Å². The number of hydrogen-bond acceptors (Lipinski definition) is 4. The predicted molar refractivity (Wildman–Crippen MR) is 62.4 cm³/mol. The molecule has 16 heavy (non-hydrogen) atoms. The molecule has 1 aromatic heterocycles. The van der Waals surface area contributed by atoms with Gasteiger partial charge in [-0.05, 0) is 26.5 Å². The summed E-state index contributed by atoms with van der Waals surface area (Å²) in [6, 6.07) is 2.04. The Labute approximate surface area is 96.9 Å². The summed E-state index contributed by atoms with van der Waals surface area (Å²) in [4.78, 5) is 0. The standard InChI is InChI=1S/C12H21NO3/c1-10-11(7-12(16-10)8-13-2)9-15-6-4-5-14-3/h7,13H,4-6,8-9H2,1-3H3. The van der Waals surface area contributed by atoms with Crippen molar-refractivity contribution in [2.75, 3.05) is 27.4 Å². The van der Waals surface area contributed by atoms with E-state index >= 15 is 0 Å². The molecule has 0 saturated carbocycles. The van der Waals surface area contributed by atoms with Crippen LogP contribution in [0.15, 0.2) is 10.5 Å². The van der Waals surface area contributed by atoms with Gasteiger partial charge in [-0.1, -0.05) is 0 Å². The van der Waals surface area contributed by atoms with E-state index in [9.17, 15) is 0 Å². The molecule has 0 aliphatic rings. The maximum atomic E-state index is 5.57. The predicted octanol–water partition coefficient (Wildman–Crippen LogP) is 1.86. The molecule has 92 valence electrons. The van der Waals surface area contributed by atoms with Gasteiger partial charge in [0.1, 0.15) is 11.5 Å². The third kappa shape index (κ3) is 4.35. The third-order valence-electron chi connectivity index (χ3n) is 2.32. The summed E-state index contributed by atoms with van der Waals surface area (Å²) in [7, 11) is 3.60. The molecular formula is C12H21NO3. The average Bonchev–Trinajstić information content (AvgIpc) is 2.60. The molecule has 0 amide bonds. The SMILES string of the molecule is CNCc1cc(COCCCOC)c(C)o1. The minimum absolute atomic E-state index is 0.614. The summed E-state index contributed by atoms with van der Waals surface area (Å²) in [6.07, 6.45) is 0.927. The number of furan rings is 1. The van der Waals surface area contributed by atoms with Crippen LogP contribution < -0.4 is 5.32 Å². The lowest BCUT2D eigenvalue weighted by Gasteiger charge is -2.02. The summed E-state index contributed by atoms with van der Waals surface area (Å²) >= 11 is 0. The highest BCUT2D eigenvalue weighted by Gasteiger charge is 2.06. The van der Waals surface area contributed by atoms with E-state index in [1.807, 2.05) is 20.0 Å². The largest absolute Gasteiger partial charge is 0.465 e. The Kier molecular flexibility index (Phi) is 6.15. The van der Waals surface area contributed by atoms with Crippen molar-refractivity contribution in [3.63, 3.8) is 0 Å². The van der Waals surface area contributed by atoms with E-state index in [1.165, 1.54) is 0 Å². The first kappa shape index (κ1) is 13.2. The fraction of sp³-hybridized carbons (Fsp3) is 0.667. The highest BCUT2D eigenvalue weighted by atomic mass is 16.5. The van der Waals surface area contributed by atoms with Gasteiger partial charge in [0.15, 0.2) is 0 Å². The third-order valence-corrected chi connectivity index (χ3v) is 2.32. The molecule has 0 fully saturated rings. The van der Waals surface area contributed by atoms with Gasteiger partial charge in [-0.25, -0.2) is 0 Å². The van der Waals surface area contributed by atoms with Gasteiger partial charge in [-0.2, -0.15) is 0 Å². The zero-order valence-corrected chi connectivity index (χ0v) is 10.3. The van der Waals surface area contributed by atoms with E-state index in [1.54, 1.807) is 7.11 Å². The second kappa shape index (κ2) is 7.44. The second-order valence-electron chi connectivity index (χ2n) is 3.72. The van der Waals surface area contributed by atoms with Gasteiger partial charge in [0.2, 0.25) is 0 Å². The van der Waals surface area contributed by atoms with Crippen molar-refractivity contribution in [1.82, 2.24) is 5.32 Å². The molecule has 4 nitrogen and oxygen atoms in total. The van der Waals surface area contributed by atoms with E-state index in [2.05, 4.69) is 5.32 Å². The molecule has 0 atom stereocenters. The molecule has 0 radical (unpaired) electrons. The van der Waals surface area contributed by atoms with Crippen LogP contribution in [0.25, 0.3) is 0 Å². The van der Waals surface area contributed by atoms with Gasteiger partial charge >= 0.3 is 0 Å². The summed E-state index contributed by atoms with van der Waals surface area (Å²) < 4.78 is 16.0. The fourth-order valence-electron chi connectivity index (χ4n) is 1.48. The lowest BCUT2D eigenvalue weighted by molar-refractivity contribution is 0.0922. The number of ether oxygens (including phenoxy) is 2. The lowest BCUT2D eigenvalue weighted by atomic mass is 10.2. The Morgan fingerprint density at radius 2 is 2.19 bits per heavy atom. The molecule has 0 saturated heterocycles. The molecule has 4 heteroatoms. The fourth-order valence-corrected chi connectivity index (χ4v) is 1.48. The van der Waals surface area contributed by atoms with Crippen molar-refractivity contribution in [1.29, 1.82) is 0 Å². The summed E-state index contributed by atoms with van der Waals surface area (Å²) in [5.74, 6) is 1.90. The normalized spacial score (nSPS) is 10.9. The van der Waals surface area contributed by atoms with Gasteiger partial charge < -0.3 is 19.2 Å². The summed E-state index contributed by atoms with van der Waals surface area (Å²) in [5, 5.41) is 3.06. The van der Waals surface area contributed by atoms with Crippen LogP contribution in [0.2, 0.25) is 0 Å². The van der Waals surface area contributed by atoms with Crippen molar-refractivity contribution < 1.29 is 13.9 Å². The van der Waals surface area contributed by atoms with Gasteiger partial charge in [-0.3, -0.25) is 0 Å². The Hall–Kier alpha value is -0.840. The van der Waals surface area contributed by atoms with E-state index in [4.69, 9.17) is 13.9 Å². The molecule has 0 spiro atoms. The van der Waals surface area contributed by atoms with E-state index in [0.29, 0.717) is 6.61 Å². The Balaban J connectivity index is 2.30. The Morgan fingerprint density at radius 3 is 2.88 bits per heavy atom. The van der Waals surface area contributed by atoms with Crippen LogP contribution in [0.1, 0.15) is 23.5 Å². The quantitative estimate of drug-likeness (QED) is 0.688. The number of rotatable bonds is 8. The van der Waals surface area contributed by atoms with Gasteiger partial charge in [0, 0.05) is 25.9 Å².